The zero-order valence-electron chi connectivity index (χ0n) is 19.3. The average Bonchev–Trinajstić information content (AvgIpc) is 3.29. The maximum absolute atomic E-state index is 12.3. The highest BCUT2D eigenvalue weighted by molar-refractivity contribution is 7.99. The summed E-state index contributed by atoms with van der Waals surface area (Å²) < 4.78 is 10.6. The van der Waals surface area contributed by atoms with E-state index in [4.69, 9.17) is 14.5 Å². The van der Waals surface area contributed by atoms with Crippen LogP contribution in [-0.4, -0.2) is 40.8 Å². The number of benzene rings is 2. The van der Waals surface area contributed by atoms with Gasteiger partial charge in [0.05, 0.1) is 25.6 Å². The number of aromatic amines is 1. The summed E-state index contributed by atoms with van der Waals surface area (Å²) in [6.07, 6.45) is 2.07. The molecule has 4 rings (SSSR count). The molecular formula is C26H26N4O3S. The summed E-state index contributed by atoms with van der Waals surface area (Å²) >= 11 is 1.50. The molecule has 2 aromatic carbocycles. The number of nitrogens with zero attached hydrogens (tertiary/aromatic N) is 2. The summed E-state index contributed by atoms with van der Waals surface area (Å²) in [6, 6.07) is 19.4. The van der Waals surface area contributed by atoms with E-state index in [-0.39, 0.29) is 5.91 Å². The first-order chi connectivity index (χ1) is 16.6. The van der Waals surface area contributed by atoms with Crippen LogP contribution in [0.5, 0.6) is 11.5 Å². The van der Waals surface area contributed by atoms with Crippen molar-refractivity contribution >= 4 is 23.5 Å². The van der Waals surface area contributed by atoms with Gasteiger partial charge in [-0.2, -0.15) is 0 Å². The lowest BCUT2D eigenvalue weighted by atomic mass is 10.0. The van der Waals surface area contributed by atoms with Crippen LogP contribution in [0.25, 0.3) is 22.5 Å². The van der Waals surface area contributed by atoms with Gasteiger partial charge in [-0.1, -0.05) is 17.8 Å². The molecule has 0 aliphatic carbocycles. The standard InChI is InChI=1S/C26H26N4O3S/c1-17-4-13-22(27-16-17)28-23(31)14-15-34-26-29-24(18-5-9-20(32-2)10-6-18)25(30-26)19-7-11-21(33-3)12-8-19/h4-13,16H,14-15H2,1-3H3,(H,29,30)(H,27,28,31). The second kappa shape index (κ2) is 10.9. The van der Waals surface area contributed by atoms with Crippen molar-refractivity contribution in [3.8, 4) is 34.0 Å². The van der Waals surface area contributed by atoms with Crippen molar-refractivity contribution in [2.45, 2.75) is 18.5 Å². The lowest BCUT2D eigenvalue weighted by molar-refractivity contribution is -0.115. The van der Waals surface area contributed by atoms with E-state index in [2.05, 4.69) is 15.3 Å². The van der Waals surface area contributed by atoms with E-state index in [0.29, 0.717) is 18.0 Å². The highest BCUT2D eigenvalue weighted by Crippen LogP contribution is 2.34. The Morgan fingerprint density at radius 2 is 1.59 bits per heavy atom. The molecule has 8 heteroatoms. The molecule has 0 radical (unpaired) electrons. The number of thioether (sulfide) groups is 1. The van der Waals surface area contributed by atoms with Gasteiger partial charge in [-0.3, -0.25) is 4.79 Å². The first-order valence-corrected chi connectivity index (χ1v) is 11.8. The number of ether oxygens (including phenoxy) is 2. The smallest absolute Gasteiger partial charge is 0.226 e. The van der Waals surface area contributed by atoms with Gasteiger partial charge in [-0.25, -0.2) is 9.97 Å². The van der Waals surface area contributed by atoms with Gasteiger partial charge < -0.3 is 19.8 Å². The van der Waals surface area contributed by atoms with Crippen LogP contribution in [0.2, 0.25) is 0 Å². The Morgan fingerprint density at radius 3 is 2.18 bits per heavy atom. The van der Waals surface area contributed by atoms with Gasteiger partial charge in [0.2, 0.25) is 5.91 Å². The van der Waals surface area contributed by atoms with Crippen LogP contribution in [0.3, 0.4) is 0 Å². The average molecular weight is 475 g/mol. The number of amides is 1. The number of carbonyl (C=O) groups excluding carboxylic acids is 1. The van der Waals surface area contributed by atoms with Crippen LogP contribution in [-0.2, 0) is 4.79 Å². The van der Waals surface area contributed by atoms with Crippen molar-refractivity contribution in [2.24, 2.45) is 0 Å². The molecule has 0 saturated heterocycles. The van der Waals surface area contributed by atoms with Gasteiger partial charge in [-0.15, -0.1) is 0 Å². The third kappa shape index (κ3) is 5.77. The summed E-state index contributed by atoms with van der Waals surface area (Å²) in [5.41, 5.74) is 4.76. The monoisotopic (exact) mass is 474 g/mol. The van der Waals surface area contributed by atoms with Gasteiger partial charge in [0.15, 0.2) is 5.16 Å². The van der Waals surface area contributed by atoms with Crippen molar-refractivity contribution in [2.75, 3.05) is 25.3 Å². The predicted octanol–water partition coefficient (Wildman–Crippen LogP) is 5.59. The van der Waals surface area contributed by atoms with Gasteiger partial charge >= 0.3 is 0 Å². The molecule has 0 unspecified atom stereocenters. The number of hydrogen-bond donors (Lipinski definition) is 2. The van der Waals surface area contributed by atoms with Crippen LogP contribution in [0, 0.1) is 6.92 Å². The molecule has 0 aliphatic heterocycles. The summed E-state index contributed by atoms with van der Waals surface area (Å²) in [5, 5.41) is 3.58. The highest BCUT2D eigenvalue weighted by atomic mass is 32.2. The van der Waals surface area contributed by atoms with E-state index in [1.54, 1.807) is 26.5 Å². The number of methoxy groups -OCH3 is 2. The van der Waals surface area contributed by atoms with E-state index in [9.17, 15) is 4.79 Å². The van der Waals surface area contributed by atoms with E-state index in [1.165, 1.54) is 11.8 Å². The number of carbonyl (C=O) groups is 1. The van der Waals surface area contributed by atoms with Gasteiger partial charge in [0.25, 0.3) is 0 Å². The van der Waals surface area contributed by atoms with Crippen molar-refractivity contribution in [1.82, 2.24) is 15.0 Å². The maximum Gasteiger partial charge on any atom is 0.226 e. The first-order valence-electron chi connectivity index (χ1n) is 10.8. The largest absolute Gasteiger partial charge is 0.497 e. The lowest BCUT2D eigenvalue weighted by Crippen LogP contribution is -2.13. The van der Waals surface area contributed by atoms with E-state index >= 15 is 0 Å². The molecule has 2 aromatic heterocycles. The number of H-pyrrole nitrogens is 1. The Bertz CT molecular complexity index is 1170. The minimum atomic E-state index is -0.0823. The zero-order chi connectivity index (χ0) is 23.9. The van der Waals surface area contributed by atoms with E-state index in [0.717, 1.165) is 44.7 Å². The Labute approximate surface area is 203 Å². The normalized spacial score (nSPS) is 10.7. The summed E-state index contributed by atoms with van der Waals surface area (Å²) in [7, 11) is 3.29. The zero-order valence-corrected chi connectivity index (χ0v) is 20.1. The van der Waals surface area contributed by atoms with Crippen LogP contribution >= 0.6 is 11.8 Å². The van der Waals surface area contributed by atoms with Crippen LogP contribution in [0.4, 0.5) is 5.82 Å². The van der Waals surface area contributed by atoms with Crippen molar-refractivity contribution in [1.29, 1.82) is 0 Å². The Kier molecular flexibility index (Phi) is 7.49. The second-order valence-corrected chi connectivity index (χ2v) is 8.67. The number of pyridine rings is 1. The predicted molar refractivity (Wildman–Crippen MR) is 136 cm³/mol. The van der Waals surface area contributed by atoms with Gasteiger partial charge in [0, 0.05) is 29.5 Å². The van der Waals surface area contributed by atoms with Crippen LogP contribution < -0.4 is 14.8 Å². The number of aromatic nitrogens is 3. The molecular weight excluding hydrogens is 448 g/mol. The minimum Gasteiger partial charge on any atom is -0.497 e. The number of imidazole rings is 1. The molecule has 2 heterocycles. The molecule has 1 amide bonds. The minimum absolute atomic E-state index is 0.0823. The summed E-state index contributed by atoms with van der Waals surface area (Å²) in [4.78, 5) is 24.8. The lowest BCUT2D eigenvalue weighted by Gasteiger charge is -2.06. The SMILES string of the molecule is COc1ccc(-c2nc(SCCC(=O)Nc3ccc(C)cn3)[nH]c2-c2ccc(OC)cc2)cc1. The maximum atomic E-state index is 12.3. The number of rotatable bonds is 9. The van der Waals surface area contributed by atoms with E-state index < -0.39 is 0 Å². The Morgan fingerprint density at radius 1 is 0.941 bits per heavy atom. The van der Waals surface area contributed by atoms with Gasteiger partial charge in [-0.05, 0) is 67.1 Å². The van der Waals surface area contributed by atoms with Crippen molar-refractivity contribution in [3.63, 3.8) is 0 Å². The molecule has 0 bridgehead atoms. The molecule has 174 valence electrons. The summed E-state index contributed by atoms with van der Waals surface area (Å²) in [5.74, 6) is 2.63. The quantitative estimate of drug-likeness (QED) is 0.308. The molecule has 0 atom stereocenters. The molecule has 34 heavy (non-hydrogen) atoms. The van der Waals surface area contributed by atoms with Crippen molar-refractivity contribution in [3.05, 3.63) is 72.4 Å². The molecule has 0 saturated carbocycles. The second-order valence-electron chi connectivity index (χ2n) is 7.59. The number of nitrogens with one attached hydrogen (secondary N) is 2. The molecule has 0 aliphatic rings. The third-order valence-electron chi connectivity index (χ3n) is 5.17. The third-order valence-corrected chi connectivity index (χ3v) is 6.05. The number of aryl methyl sites for hydroxylation is 1. The van der Waals surface area contributed by atoms with Gasteiger partial charge in [0.1, 0.15) is 17.3 Å². The van der Waals surface area contributed by atoms with E-state index in [1.807, 2.05) is 61.5 Å². The fourth-order valence-electron chi connectivity index (χ4n) is 3.33. The van der Waals surface area contributed by atoms with Crippen LogP contribution in [0.15, 0.2) is 72.0 Å². The first kappa shape index (κ1) is 23.4. The topological polar surface area (TPSA) is 89.1 Å². The number of anilines is 1. The molecule has 2 N–H and O–H groups in total. The highest BCUT2D eigenvalue weighted by Gasteiger charge is 2.15. The Hall–Kier alpha value is -3.78. The number of hydrogen-bond acceptors (Lipinski definition) is 6. The van der Waals surface area contributed by atoms with Crippen molar-refractivity contribution < 1.29 is 14.3 Å². The summed E-state index contributed by atoms with van der Waals surface area (Å²) in [6.45, 7) is 1.96. The molecule has 7 nitrogen and oxygen atoms in total. The fourth-order valence-corrected chi connectivity index (χ4v) is 4.14. The molecule has 0 spiro atoms. The fraction of sp³-hybridized carbons (Fsp3) is 0.192. The molecule has 4 aromatic rings. The molecule has 0 fully saturated rings. The van der Waals surface area contributed by atoms with Crippen LogP contribution in [0.1, 0.15) is 12.0 Å². The Balaban J connectivity index is 1.49.